The monoisotopic (exact) mass is 448 g/mol. The summed E-state index contributed by atoms with van der Waals surface area (Å²) in [6.07, 6.45) is -3.98. The summed E-state index contributed by atoms with van der Waals surface area (Å²) in [5, 5.41) is 2.98. The van der Waals surface area contributed by atoms with Crippen LogP contribution in [0.25, 0.3) is 11.1 Å². The molecule has 32 heavy (non-hydrogen) atoms. The van der Waals surface area contributed by atoms with Crippen LogP contribution in [0.3, 0.4) is 0 Å². The predicted molar refractivity (Wildman–Crippen MR) is 115 cm³/mol. The van der Waals surface area contributed by atoms with Crippen molar-refractivity contribution in [1.82, 2.24) is 10.2 Å². The normalized spacial score (nSPS) is 19.2. The van der Waals surface area contributed by atoms with Gasteiger partial charge < -0.3 is 10.1 Å². The minimum atomic E-state index is -4.42. The molecule has 1 heterocycles. The van der Waals surface area contributed by atoms with Crippen LogP contribution in [-0.4, -0.2) is 49.1 Å². The lowest BCUT2D eigenvalue weighted by atomic mass is 9.98. The third-order valence-electron chi connectivity index (χ3n) is 5.51. The molecule has 172 valence electrons. The van der Waals surface area contributed by atoms with Gasteiger partial charge in [0.05, 0.1) is 12.7 Å². The van der Waals surface area contributed by atoms with Crippen LogP contribution in [0.1, 0.15) is 36.2 Å². The van der Waals surface area contributed by atoms with E-state index in [0.717, 1.165) is 12.1 Å². The van der Waals surface area contributed by atoms with Crippen molar-refractivity contribution in [3.63, 3.8) is 0 Å². The number of hydrogen-bond donors (Lipinski definition) is 1. The number of benzene rings is 2. The van der Waals surface area contributed by atoms with Crippen LogP contribution in [0.15, 0.2) is 48.5 Å². The quantitative estimate of drug-likeness (QED) is 0.667. The number of halogens is 3. The molecule has 0 aromatic heterocycles. The van der Waals surface area contributed by atoms with E-state index in [1.165, 1.54) is 19.2 Å². The van der Waals surface area contributed by atoms with Crippen LogP contribution in [0.4, 0.5) is 13.2 Å². The van der Waals surface area contributed by atoms with Gasteiger partial charge in [0.15, 0.2) is 0 Å². The Morgan fingerprint density at radius 3 is 2.38 bits per heavy atom. The van der Waals surface area contributed by atoms with Gasteiger partial charge in [-0.25, -0.2) is 0 Å². The highest BCUT2D eigenvalue weighted by Gasteiger charge is 2.38. The van der Waals surface area contributed by atoms with Crippen LogP contribution in [0.2, 0.25) is 0 Å². The fourth-order valence-electron chi connectivity index (χ4n) is 4.09. The maximum Gasteiger partial charge on any atom is 0.416 e. The second-order valence-electron chi connectivity index (χ2n) is 8.41. The first-order valence-corrected chi connectivity index (χ1v) is 10.5. The third-order valence-corrected chi connectivity index (χ3v) is 5.51. The van der Waals surface area contributed by atoms with E-state index in [2.05, 4.69) is 19.2 Å². The van der Waals surface area contributed by atoms with Gasteiger partial charge in [0.2, 0.25) is 0 Å². The summed E-state index contributed by atoms with van der Waals surface area (Å²) in [7, 11) is 1.35. The van der Waals surface area contributed by atoms with Crippen molar-refractivity contribution >= 4 is 11.9 Å². The SMILES string of the molecule is COC(=O)[C@@H]1C[C@H](NC(=O)c2ccccc2-c2ccc(C(F)(F)F)cc2)CN1CC(C)C. The molecule has 2 aromatic carbocycles. The van der Waals surface area contributed by atoms with E-state index in [1.807, 2.05) is 4.90 Å². The molecule has 1 N–H and O–H groups in total. The van der Waals surface area contributed by atoms with Gasteiger partial charge in [-0.1, -0.05) is 44.2 Å². The smallest absolute Gasteiger partial charge is 0.416 e. The first kappa shape index (κ1) is 23.8. The summed E-state index contributed by atoms with van der Waals surface area (Å²) in [5.74, 6) is -0.315. The van der Waals surface area contributed by atoms with Crippen LogP contribution in [-0.2, 0) is 15.7 Å². The Morgan fingerprint density at radius 1 is 1.12 bits per heavy atom. The van der Waals surface area contributed by atoms with E-state index in [-0.39, 0.29) is 17.9 Å². The van der Waals surface area contributed by atoms with E-state index in [0.29, 0.717) is 42.1 Å². The summed E-state index contributed by atoms with van der Waals surface area (Å²) in [6.45, 7) is 5.33. The standard InChI is InChI=1S/C24H27F3N2O3/c1-15(2)13-29-14-18(12-21(29)23(31)32-3)28-22(30)20-7-5-4-6-19(20)16-8-10-17(11-9-16)24(25,26)27/h4-11,15,18,21H,12-14H2,1-3H3,(H,28,30)/t18-,21-/m0/s1. The van der Waals surface area contributed by atoms with Crippen molar-refractivity contribution in [3.05, 3.63) is 59.7 Å². The van der Waals surface area contributed by atoms with Crippen LogP contribution >= 0.6 is 0 Å². The largest absolute Gasteiger partial charge is 0.468 e. The molecule has 0 spiro atoms. The van der Waals surface area contributed by atoms with Gasteiger partial charge in [-0.3, -0.25) is 14.5 Å². The zero-order chi connectivity index (χ0) is 23.5. The van der Waals surface area contributed by atoms with Gasteiger partial charge in [0.25, 0.3) is 5.91 Å². The number of ether oxygens (including phenoxy) is 1. The number of rotatable bonds is 6. The highest BCUT2D eigenvalue weighted by atomic mass is 19.4. The second-order valence-corrected chi connectivity index (χ2v) is 8.41. The summed E-state index contributed by atoms with van der Waals surface area (Å²) in [5.41, 5.74) is 0.682. The lowest BCUT2D eigenvalue weighted by molar-refractivity contribution is -0.146. The Morgan fingerprint density at radius 2 is 1.78 bits per heavy atom. The molecular weight excluding hydrogens is 421 g/mol. The highest BCUT2D eigenvalue weighted by Crippen LogP contribution is 2.32. The first-order valence-electron chi connectivity index (χ1n) is 10.5. The molecule has 0 bridgehead atoms. The Kier molecular flexibility index (Phi) is 7.23. The second kappa shape index (κ2) is 9.73. The van der Waals surface area contributed by atoms with E-state index in [1.54, 1.807) is 24.3 Å². The molecule has 1 fully saturated rings. The van der Waals surface area contributed by atoms with Crippen molar-refractivity contribution in [2.24, 2.45) is 5.92 Å². The number of hydrogen-bond acceptors (Lipinski definition) is 4. The minimum absolute atomic E-state index is 0.244. The number of methoxy groups -OCH3 is 1. The van der Waals surface area contributed by atoms with E-state index < -0.39 is 17.8 Å². The van der Waals surface area contributed by atoms with Crippen LogP contribution in [0, 0.1) is 5.92 Å². The van der Waals surface area contributed by atoms with Gasteiger partial charge in [-0.15, -0.1) is 0 Å². The van der Waals surface area contributed by atoms with Crippen molar-refractivity contribution in [2.75, 3.05) is 20.2 Å². The summed E-state index contributed by atoms with van der Waals surface area (Å²) < 4.78 is 43.6. The number of carbonyl (C=O) groups is 2. The van der Waals surface area contributed by atoms with Gasteiger partial charge in [-0.2, -0.15) is 13.2 Å². The first-order chi connectivity index (χ1) is 15.1. The molecule has 8 heteroatoms. The average Bonchev–Trinajstić information content (AvgIpc) is 3.13. The minimum Gasteiger partial charge on any atom is -0.468 e. The number of carbonyl (C=O) groups excluding carboxylic acids is 2. The molecular formula is C24H27F3N2O3. The molecule has 0 radical (unpaired) electrons. The lowest BCUT2D eigenvalue weighted by Gasteiger charge is -2.23. The third kappa shape index (κ3) is 5.48. The molecule has 5 nitrogen and oxygen atoms in total. The molecule has 1 amide bonds. The summed E-state index contributed by atoms with van der Waals surface area (Å²) in [4.78, 5) is 27.3. The highest BCUT2D eigenvalue weighted by molar-refractivity contribution is 6.01. The van der Waals surface area contributed by atoms with Crippen molar-refractivity contribution in [2.45, 2.75) is 38.5 Å². The van der Waals surface area contributed by atoms with E-state index in [9.17, 15) is 22.8 Å². The zero-order valence-electron chi connectivity index (χ0n) is 18.3. The number of esters is 1. The molecule has 2 atom stereocenters. The number of amides is 1. The Labute approximate surface area is 185 Å². The van der Waals surface area contributed by atoms with Crippen molar-refractivity contribution in [1.29, 1.82) is 0 Å². The van der Waals surface area contributed by atoms with E-state index >= 15 is 0 Å². The van der Waals surface area contributed by atoms with Crippen LogP contribution < -0.4 is 5.32 Å². The fraction of sp³-hybridized carbons (Fsp3) is 0.417. The van der Waals surface area contributed by atoms with E-state index in [4.69, 9.17) is 4.74 Å². The molecule has 1 aliphatic heterocycles. The summed E-state index contributed by atoms with van der Waals surface area (Å²) >= 11 is 0. The average molecular weight is 448 g/mol. The van der Waals surface area contributed by atoms with Crippen molar-refractivity contribution < 1.29 is 27.5 Å². The number of nitrogens with one attached hydrogen (secondary N) is 1. The fourth-order valence-corrected chi connectivity index (χ4v) is 4.09. The zero-order valence-corrected chi connectivity index (χ0v) is 18.3. The molecule has 1 aliphatic rings. The molecule has 1 saturated heterocycles. The summed E-state index contributed by atoms with van der Waals surface area (Å²) in [6, 6.07) is 10.9. The molecule has 2 aromatic rings. The molecule has 0 aliphatic carbocycles. The van der Waals surface area contributed by atoms with Gasteiger partial charge in [-0.05, 0) is 41.7 Å². The molecule has 0 unspecified atom stereocenters. The maximum atomic E-state index is 13.1. The lowest BCUT2D eigenvalue weighted by Crippen LogP contribution is -2.40. The maximum absolute atomic E-state index is 13.1. The van der Waals surface area contributed by atoms with Crippen molar-refractivity contribution in [3.8, 4) is 11.1 Å². The number of likely N-dealkylation sites (tertiary alicyclic amines) is 1. The van der Waals surface area contributed by atoms with Gasteiger partial charge >= 0.3 is 12.1 Å². The van der Waals surface area contributed by atoms with Crippen LogP contribution in [0.5, 0.6) is 0 Å². The van der Waals surface area contributed by atoms with Gasteiger partial charge in [0.1, 0.15) is 6.04 Å². The molecule has 0 saturated carbocycles. The number of alkyl halides is 3. The Bertz CT molecular complexity index is 958. The Hall–Kier alpha value is -2.87. The number of nitrogens with zero attached hydrogens (tertiary/aromatic N) is 1. The molecule has 3 rings (SSSR count). The van der Waals surface area contributed by atoms with Gasteiger partial charge in [0, 0.05) is 24.7 Å². The predicted octanol–water partition coefficient (Wildman–Crippen LogP) is 4.37. The topological polar surface area (TPSA) is 58.6 Å². The Balaban J connectivity index is 1.78.